The Hall–Kier alpha value is -0.580. The number of alkyl halides is 1. The minimum absolute atomic E-state index is 0.00676. The maximum absolute atomic E-state index is 12.2. The fourth-order valence-corrected chi connectivity index (χ4v) is 3.02. The molecule has 0 spiro atoms. The summed E-state index contributed by atoms with van der Waals surface area (Å²) in [5.74, 6) is 0.390. The third kappa shape index (κ3) is 3.21. The van der Waals surface area contributed by atoms with Gasteiger partial charge in [0.1, 0.15) is 0 Å². The second-order valence-electron chi connectivity index (χ2n) is 4.06. The van der Waals surface area contributed by atoms with Crippen LogP contribution in [0.5, 0.6) is 0 Å². The lowest BCUT2D eigenvalue weighted by molar-refractivity contribution is 0.380. The summed E-state index contributed by atoms with van der Waals surface area (Å²) >= 11 is 5.67. The number of hydrogen-bond acceptors (Lipinski definition) is 2. The van der Waals surface area contributed by atoms with E-state index in [9.17, 15) is 8.42 Å². The van der Waals surface area contributed by atoms with Crippen LogP contribution in [0.3, 0.4) is 0 Å². The van der Waals surface area contributed by atoms with Crippen LogP contribution in [0.15, 0.2) is 29.2 Å². The predicted octanol–water partition coefficient (Wildman–Crippen LogP) is 2.84. The monoisotopic (exact) mass is 275 g/mol. The number of sulfonamides is 1. The second-order valence-corrected chi connectivity index (χ2v) is 6.32. The molecule has 0 aliphatic heterocycles. The van der Waals surface area contributed by atoms with E-state index in [1.165, 1.54) is 4.31 Å². The summed E-state index contributed by atoms with van der Waals surface area (Å²) in [6.07, 6.45) is 0.787. The van der Waals surface area contributed by atoms with Crippen molar-refractivity contribution in [1.29, 1.82) is 0 Å². The lowest BCUT2D eigenvalue weighted by Crippen LogP contribution is -2.34. The maximum Gasteiger partial charge on any atom is 0.243 e. The summed E-state index contributed by atoms with van der Waals surface area (Å²) in [5.41, 5.74) is 0.914. The summed E-state index contributed by atoms with van der Waals surface area (Å²) in [6, 6.07) is 6.68. The zero-order chi connectivity index (χ0) is 13.1. The third-order valence-corrected chi connectivity index (χ3v) is 5.26. The number of hydrogen-bond donors (Lipinski definition) is 0. The molecule has 1 aromatic carbocycles. The van der Waals surface area contributed by atoms with Gasteiger partial charge >= 0.3 is 0 Å². The van der Waals surface area contributed by atoms with E-state index in [0.717, 1.165) is 12.0 Å². The van der Waals surface area contributed by atoms with Crippen molar-refractivity contribution in [2.45, 2.75) is 37.1 Å². The first kappa shape index (κ1) is 14.5. The Bertz CT molecular complexity index is 456. The van der Waals surface area contributed by atoms with E-state index in [4.69, 9.17) is 11.6 Å². The van der Waals surface area contributed by atoms with Crippen molar-refractivity contribution in [1.82, 2.24) is 4.31 Å². The number of halogens is 1. The second kappa shape index (κ2) is 5.85. The van der Waals surface area contributed by atoms with Gasteiger partial charge in [0.2, 0.25) is 10.0 Å². The average Bonchev–Trinajstić information content (AvgIpc) is 2.36. The molecule has 0 saturated heterocycles. The number of nitrogens with zero attached hydrogens (tertiary/aromatic N) is 1. The van der Waals surface area contributed by atoms with Gasteiger partial charge in [-0.15, -0.1) is 11.6 Å². The van der Waals surface area contributed by atoms with Crippen LogP contribution in [0.4, 0.5) is 0 Å². The molecule has 96 valence electrons. The molecule has 3 nitrogen and oxygen atoms in total. The number of benzene rings is 1. The van der Waals surface area contributed by atoms with Crippen LogP contribution in [0.25, 0.3) is 0 Å². The minimum atomic E-state index is -3.39. The Kier molecular flexibility index (Phi) is 4.98. The molecule has 0 radical (unpaired) electrons. The Morgan fingerprint density at radius 1 is 1.29 bits per heavy atom. The van der Waals surface area contributed by atoms with Crippen molar-refractivity contribution in [3.8, 4) is 0 Å². The van der Waals surface area contributed by atoms with E-state index in [-0.39, 0.29) is 6.04 Å². The van der Waals surface area contributed by atoms with Gasteiger partial charge in [0.15, 0.2) is 0 Å². The largest absolute Gasteiger partial charge is 0.243 e. The van der Waals surface area contributed by atoms with Crippen LogP contribution in [0.2, 0.25) is 0 Å². The summed E-state index contributed by atoms with van der Waals surface area (Å²) in [7, 11) is -1.77. The summed E-state index contributed by atoms with van der Waals surface area (Å²) in [6.45, 7) is 3.86. The smallest absolute Gasteiger partial charge is 0.207 e. The van der Waals surface area contributed by atoms with E-state index in [0.29, 0.717) is 10.8 Å². The van der Waals surface area contributed by atoms with Gasteiger partial charge in [-0.25, -0.2) is 8.42 Å². The van der Waals surface area contributed by atoms with Crippen LogP contribution in [0, 0.1) is 0 Å². The zero-order valence-corrected chi connectivity index (χ0v) is 11.9. The van der Waals surface area contributed by atoms with Crippen molar-refractivity contribution in [3.05, 3.63) is 29.8 Å². The number of rotatable bonds is 5. The molecule has 0 saturated carbocycles. The van der Waals surface area contributed by atoms with Crippen LogP contribution in [-0.4, -0.2) is 25.8 Å². The molecule has 0 aliphatic carbocycles. The molecule has 1 rings (SSSR count). The van der Waals surface area contributed by atoms with Gasteiger partial charge < -0.3 is 0 Å². The summed E-state index contributed by atoms with van der Waals surface area (Å²) in [4.78, 5) is 0.314. The molecule has 0 amide bonds. The van der Waals surface area contributed by atoms with E-state index < -0.39 is 10.0 Å². The molecular formula is C12H18ClNO2S. The van der Waals surface area contributed by atoms with Gasteiger partial charge in [-0.3, -0.25) is 0 Å². The molecule has 1 unspecified atom stereocenters. The fourth-order valence-electron chi connectivity index (χ4n) is 1.41. The first-order chi connectivity index (χ1) is 7.93. The Morgan fingerprint density at radius 2 is 1.82 bits per heavy atom. The van der Waals surface area contributed by atoms with Crippen molar-refractivity contribution in [3.63, 3.8) is 0 Å². The van der Waals surface area contributed by atoms with Crippen molar-refractivity contribution < 1.29 is 8.42 Å². The minimum Gasteiger partial charge on any atom is -0.207 e. The molecule has 1 aromatic rings. The van der Waals surface area contributed by atoms with Crippen molar-refractivity contribution in [2.75, 3.05) is 7.05 Å². The van der Waals surface area contributed by atoms with Crippen LogP contribution in [0.1, 0.15) is 25.8 Å². The highest BCUT2D eigenvalue weighted by Crippen LogP contribution is 2.18. The SMILES string of the molecule is CCC(C)N(C)S(=O)(=O)c1ccc(CCl)cc1. The average molecular weight is 276 g/mol. The van der Waals surface area contributed by atoms with E-state index in [1.807, 2.05) is 13.8 Å². The standard InChI is InChI=1S/C12H18ClNO2S/c1-4-10(2)14(3)17(15,16)12-7-5-11(9-13)6-8-12/h5-8,10H,4,9H2,1-3H3. The molecule has 0 bridgehead atoms. The highest BCUT2D eigenvalue weighted by molar-refractivity contribution is 7.89. The van der Waals surface area contributed by atoms with Crippen LogP contribution in [-0.2, 0) is 15.9 Å². The topological polar surface area (TPSA) is 37.4 Å². The molecule has 0 aromatic heterocycles. The summed E-state index contributed by atoms with van der Waals surface area (Å²) < 4.78 is 25.9. The van der Waals surface area contributed by atoms with Crippen LogP contribution >= 0.6 is 11.6 Å². The molecule has 0 heterocycles. The Morgan fingerprint density at radius 3 is 2.24 bits per heavy atom. The lowest BCUT2D eigenvalue weighted by Gasteiger charge is -2.23. The predicted molar refractivity (Wildman–Crippen MR) is 70.7 cm³/mol. The summed E-state index contributed by atoms with van der Waals surface area (Å²) in [5, 5.41) is 0. The highest BCUT2D eigenvalue weighted by atomic mass is 35.5. The van der Waals surface area contributed by atoms with Crippen molar-refractivity contribution >= 4 is 21.6 Å². The molecule has 17 heavy (non-hydrogen) atoms. The quantitative estimate of drug-likeness (QED) is 0.775. The fraction of sp³-hybridized carbons (Fsp3) is 0.500. The highest BCUT2D eigenvalue weighted by Gasteiger charge is 2.23. The molecule has 0 N–H and O–H groups in total. The molecule has 1 atom stereocenters. The van der Waals surface area contributed by atoms with Crippen LogP contribution < -0.4 is 0 Å². The van der Waals surface area contributed by atoms with E-state index in [1.54, 1.807) is 31.3 Å². The maximum atomic E-state index is 12.2. The molecule has 0 fully saturated rings. The normalized spacial score (nSPS) is 13.9. The molecule has 5 heteroatoms. The van der Waals surface area contributed by atoms with Gasteiger partial charge in [0.25, 0.3) is 0 Å². The van der Waals surface area contributed by atoms with Crippen molar-refractivity contribution in [2.24, 2.45) is 0 Å². The first-order valence-corrected chi connectivity index (χ1v) is 7.53. The molecule has 0 aliphatic rings. The third-order valence-electron chi connectivity index (χ3n) is 2.97. The Labute approximate surface area is 108 Å². The zero-order valence-electron chi connectivity index (χ0n) is 10.4. The lowest BCUT2D eigenvalue weighted by atomic mass is 10.2. The van der Waals surface area contributed by atoms with Gasteiger partial charge in [-0.1, -0.05) is 19.1 Å². The van der Waals surface area contributed by atoms with E-state index >= 15 is 0 Å². The van der Waals surface area contributed by atoms with Gasteiger partial charge in [-0.05, 0) is 31.0 Å². The van der Waals surface area contributed by atoms with Gasteiger partial charge in [-0.2, -0.15) is 4.31 Å². The molecular weight excluding hydrogens is 258 g/mol. The van der Waals surface area contributed by atoms with E-state index in [2.05, 4.69) is 0 Å². The van der Waals surface area contributed by atoms with Gasteiger partial charge in [0, 0.05) is 19.0 Å². The first-order valence-electron chi connectivity index (χ1n) is 5.56. The van der Waals surface area contributed by atoms with Gasteiger partial charge in [0.05, 0.1) is 4.90 Å². The Balaban J connectivity index is 3.04.